The van der Waals surface area contributed by atoms with Gasteiger partial charge in [-0.15, -0.1) is 18.3 Å². The van der Waals surface area contributed by atoms with Crippen molar-refractivity contribution in [1.29, 1.82) is 0 Å². The van der Waals surface area contributed by atoms with Crippen LogP contribution >= 0.6 is 11.8 Å². The number of carbonyl (C=O) groups is 3. The van der Waals surface area contributed by atoms with Crippen molar-refractivity contribution in [3.05, 3.63) is 25.3 Å². The molecule has 1 aliphatic carbocycles. The molecular formula is C26H38N2O5S. The number of hydrogen-bond acceptors (Lipinski definition) is 6. The lowest BCUT2D eigenvalue weighted by Gasteiger charge is -2.41. The third kappa shape index (κ3) is 4.00. The molecule has 3 saturated heterocycles. The second-order valence-corrected chi connectivity index (χ2v) is 12.2. The highest BCUT2D eigenvalue weighted by Crippen LogP contribution is 2.71. The summed E-state index contributed by atoms with van der Waals surface area (Å²) >= 11 is 1.66. The van der Waals surface area contributed by atoms with Gasteiger partial charge in [0.25, 0.3) is 0 Å². The standard InChI is InChI=1S/C26H38N2O5S/c1-4-14-27(18-10-7-6-8-11-18)23(31)21-26-13-12-25(3,34-26)20(24(32)33-17-5-2)19(26)22(30)28(21)15-9-16-29/h4-5,18-21,29H,1-2,6-17H2,3H3/t19-,20+,21?,25-,26?/m0/s1. The summed E-state index contributed by atoms with van der Waals surface area (Å²) in [6, 6.07) is -0.487. The summed E-state index contributed by atoms with van der Waals surface area (Å²) in [5.41, 5.74) is 0. The van der Waals surface area contributed by atoms with Crippen LogP contribution in [0.1, 0.15) is 58.3 Å². The van der Waals surface area contributed by atoms with Crippen molar-refractivity contribution in [3.8, 4) is 0 Å². The molecule has 3 aliphatic heterocycles. The monoisotopic (exact) mass is 490 g/mol. The van der Waals surface area contributed by atoms with Crippen LogP contribution in [0.5, 0.6) is 0 Å². The lowest BCUT2D eigenvalue weighted by Crippen LogP contribution is -2.57. The number of hydrogen-bond donors (Lipinski definition) is 1. The van der Waals surface area contributed by atoms with Crippen LogP contribution in [0.25, 0.3) is 0 Å². The predicted molar refractivity (Wildman–Crippen MR) is 132 cm³/mol. The first-order valence-corrected chi connectivity index (χ1v) is 13.5. The van der Waals surface area contributed by atoms with Gasteiger partial charge in [0, 0.05) is 30.5 Å². The highest BCUT2D eigenvalue weighted by atomic mass is 32.2. The van der Waals surface area contributed by atoms with E-state index in [9.17, 15) is 19.5 Å². The topological polar surface area (TPSA) is 87.1 Å². The van der Waals surface area contributed by atoms with Gasteiger partial charge >= 0.3 is 5.97 Å². The number of esters is 1. The molecule has 8 heteroatoms. The molecule has 4 aliphatic rings. The maximum Gasteiger partial charge on any atom is 0.311 e. The lowest BCUT2D eigenvalue weighted by molar-refractivity contribution is -0.154. The van der Waals surface area contributed by atoms with Gasteiger partial charge in [-0.3, -0.25) is 14.4 Å². The van der Waals surface area contributed by atoms with Crippen LogP contribution in [0.2, 0.25) is 0 Å². The average Bonchev–Trinajstić information content (AvgIpc) is 3.40. The van der Waals surface area contributed by atoms with E-state index in [0.717, 1.165) is 32.1 Å². The highest BCUT2D eigenvalue weighted by molar-refractivity contribution is 8.02. The normalized spacial score (nSPS) is 34.7. The number of nitrogens with zero attached hydrogens (tertiary/aromatic N) is 2. The fraction of sp³-hybridized carbons (Fsp3) is 0.731. The minimum Gasteiger partial charge on any atom is -0.461 e. The Morgan fingerprint density at radius 3 is 2.62 bits per heavy atom. The second-order valence-electron chi connectivity index (χ2n) is 10.3. The maximum absolute atomic E-state index is 14.3. The quantitative estimate of drug-likeness (QED) is 0.374. The van der Waals surface area contributed by atoms with Crippen LogP contribution in [0, 0.1) is 11.8 Å². The van der Waals surface area contributed by atoms with Crippen molar-refractivity contribution in [2.45, 2.75) is 79.9 Å². The molecule has 0 radical (unpaired) electrons. The van der Waals surface area contributed by atoms with E-state index < -0.39 is 27.4 Å². The van der Waals surface area contributed by atoms with Gasteiger partial charge in [-0.05, 0) is 39.0 Å². The van der Waals surface area contributed by atoms with Crippen LogP contribution in [0.3, 0.4) is 0 Å². The molecule has 1 spiro atoms. The first-order valence-electron chi connectivity index (χ1n) is 12.6. The van der Waals surface area contributed by atoms with Crippen molar-refractivity contribution in [3.63, 3.8) is 0 Å². The fourth-order valence-electron chi connectivity index (χ4n) is 6.88. The minimum atomic E-state index is -0.648. The van der Waals surface area contributed by atoms with Crippen LogP contribution in [0.4, 0.5) is 0 Å². The molecular weight excluding hydrogens is 452 g/mol. The lowest BCUT2D eigenvalue weighted by atomic mass is 9.66. The molecule has 188 valence electrons. The van der Waals surface area contributed by atoms with E-state index in [1.807, 2.05) is 11.8 Å². The van der Waals surface area contributed by atoms with Gasteiger partial charge in [0.2, 0.25) is 11.8 Å². The second kappa shape index (κ2) is 10.1. The van der Waals surface area contributed by atoms with E-state index in [4.69, 9.17) is 4.74 Å². The Morgan fingerprint density at radius 1 is 1.24 bits per heavy atom. The van der Waals surface area contributed by atoms with E-state index in [1.165, 1.54) is 12.5 Å². The summed E-state index contributed by atoms with van der Waals surface area (Å²) in [7, 11) is 0. The number of amides is 2. The molecule has 3 heterocycles. The molecule has 4 fully saturated rings. The minimum absolute atomic E-state index is 0.0301. The first-order chi connectivity index (χ1) is 16.3. The molecule has 4 rings (SSSR count). The van der Waals surface area contributed by atoms with Gasteiger partial charge in [0.15, 0.2) is 0 Å². The molecule has 1 N–H and O–H groups in total. The first kappa shape index (κ1) is 25.3. The zero-order chi connectivity index (χ0) is 24.5. The molecule has 7 nitrogen and oxygen atoms in total. The largest absolute Gasteiger partial charge is 0.461 e. The van der Waals surface area contributed by atoms with E-state index in [1.54, 1.807) is 22.7 Å². The highest BCUT2D eigenvalue weighted by Gasteiger charge is 2.77. The Kier molecular flexibility index (Phi) is 7.48. The molecule has 0 aromatic heterocycles. The summed E-state index contributed by atoms with van der Waals surface area (Å²) in [4.78, 5) is 45.0. The van der Waals surface area contributed by atoms with Crippen LogP contribution in [-0.2, 0) is 19.1 Å². The summed E-state index contributed by atoms with van der Waals surface area (Å²) in [6.07, 6.45) is 10.5. The van der Waals surface area contributed by atoms with Crippen LogP contribution in [-0.4, -0.2) is 80.6 Å². The summed E-state index contributed by atoms with van der Waals surface area (Å²) in [5.74, 6) is -1.73. The number of likely N-dealkylation sites (tertiary alicyclic amines) is 1. The number of aliphatic hydroxyl groups is 1. The van der Waals surface area contributed by atoms with E-state index in [-0.39, 0.29) is 37.0 Å². The van der Waals surface area contributed by atoms with E-state index in [2.05, 4.69) is 13.2 Å². The number of thioether (sulfide) groups is 1. The molecule has 2 bridgehead atoms. The van der Waals surface area contributed by atoms with Gasteiger partial charge in [-0.1, -0.05) is 38.0 Å². The van der Waals surface area contributed by atoms with Crippen molar-refractivity contribution in [2.75, 3.05) is 26.3 Å². The van der Waals surface area contributed by atoms with Crippen molar-refractivity contribution < 1.29 is 24.2 Å². The number of carbonyl (C=O) groups excluding carboxylic acids is 3. The van der Waals surface area contributed by atoms with Crippen molar-refractivity contribution in [2.24, 2.45) is 11.8 Å². The van der Waals surface area contributed by atoms with Crippen molar-refractivity contribution >= 4 is 29.5 Å². The fourth-order valence-corrected chi connectivity index (χ4v) is 9.22. The zero-order valence-corrected chi connectivity index (χ0v) is 21.1. The third-order valence-electron chi connectivity index (χ3n) is 8.29. The SMILES string of the molecule is C=CCOC(=O)[C@H]1[C@H]2C(=O)N(CCCO)C(C(=O)N(CC=C)C3CCCCC3)C23CC[C@]1(C)S3. The Balaban J connectivity index is 1.72. The molecule has 2 unspecified atom stereocenters. The Labute approximate surface area is 206 Å². The number of fused-ring (bicyclic) bond motifs is 1. The molecule has 0 aromatic rings. The molecule has 34 heavy (non-hydrogen) atoms. The maximum atomic E-state index is 14.3. The van der Waals surface area contributed by atoms with Gasteiger partial charge in [0.1, 0.15) is 12.6 Å². The molecule has 0 aromatic carbocycles. The van der Waals surface area contributed by atoms with Crippen LogP contribution in [0.15, 0.2) is 25.3 Å². The van der Waals surface area contributed by atoms with Gasteiger partial charge in [0.05, 0.1) is 16.6 Å². The number of aliphatic hydroxyl groups excluding tert-OH is 1. The van der Waals surface area contributed by atoms with Gasteiger partial charge in [-0.25, -0.2) is 0 Å². The van der Waals surface area contributed by atoms with E-state index in [0.29, 0.717) is 25.9 Å². The Hall–Kier alpha value is -1.80. The predicted octanol–water partition coefficient (Wildman–Crippen LogP) is 2.93. The van der Waals surface area contributed by atoms with Gasteiger partial charge in [-0.2, -0.15) is 0 Å². The Morgan fingerprint density at radius 2 is 1.97 bits per heavy atom. The summed E-state index contributed by atoms with van der Waals surface area (Å²) in [6.45, 7) is 10.4. The summed E-state index contributed by atoms with van der Waals surface area (Å²) < 4.78 is 4.37. The van der Waals surface area contributed by atoms with Crippen molar-refractivity contribution in [1.82, 2.24) is 9.80 Å². The zero-order valence-electron chi connectivity index (χ0n) is 20.2. The molecule has 5 atom stereocenters. The Bertz CT molecular complexity index is 843. The average molecular weight is 491 g/mol. The summed E-state index contributed by atoms with van der Waals surface area (Å²) in [5, 5.41) is 9.51. The van der Waals surface area contributed by atoms with E-state index >= 15 is 0 Å². The van der Waals surface area contributed by atoms with Gasteiger partial charge < -0.3 is 19.6 Å². The van der Waals surface area contributed by atoms with Crippen LogP contribution < -0.4 is 0 Å². The molecule has 2 amide bonds. The third-order valence-corrected chi connectivity index (χ3v) is 10.3. The number of ether oxygens (including phenoxy) is 1. The number of rotatable bonds is 10. The molecule has 1 saturated carbocycles. The smallest absolute Gasteiger partial charge is 0.311 e.